The van der Waals surface area contributed by atoms with Crippen molar-refractivity contribution in [3.05, 3.63) is 0 Å². The third-order valence-electron chi connectivity index (χ3n) is 13.7. The van der Waals surface area contributed by atoms with Crippen LogP contribution >= 0.6 is 0 Å². The van der Waals surface area contributed by atoms with Crippen LogP contribution in [0.2, 0.25) is 0 Å². The van der Waals surface area contributed by atoms with Crippen molar-refractivity contribution >= 4 is 0 Å². The zero-order valence-electron chi connectivity index (χ0n) is 48.4. The van der Waals surface area contributed by atoms with Crippen LogP contribution in [0, 0.1) is 0 Å². The van der Waals surface area contributed by atoms with E-state index in [1.54, 1.807) is 13.8 Å². The average molecular weight is 1470 g/mol. The summed E-state index contributed by atoms with van der Waals surface area (Å²) in [4.78, 5) is 1.12. The summed E-state index contributed by atoms with van der Waals surface area (Å²) in [5.41, 5.74) is -7.71. The van der Waals surface area contributed by atoms with E-state index < -0.39 is 204 Å². The van der Waals surface area contributed by atoms with E-state index in [0.29, 0.717) is 32.1 Å². The van der Waals surface area contributed by atoms with Gasteiger partial charge in [-0.25, -0.2) is 4.39 Å². The lowest BCUT2D eigenvalue weighted by molar-refractivity contribution is -0.470. The highest BCUT2D eigenvalue weighted by Crippen LogP contribution is 2.68. The Bertz CT molecular complexity index is 2120. The minimum atomic E-state index is -9.42. The van der Waals surface area contributed by atoms with Gasteiger partial charge in [-0.2, -0.15) is 167 Å². The van der Waals surface area contributed by atoms with Crippen LogP contribution in [0.15, 0.2) is 0 Å². The van der Waals surface area contributed by atoms with Gasteiger partial charge < -0.3 is 28.6 Å². The van der Waals surface area contributed by atoms with E-state index in [1.165, 1.54) is 14.1 Å². The van der Waals surface area contributed by atoms with Crippen LogP contribution in [0.25, 0.3) is 0 Å². The standard InChI is InChI=1S/C48H60F39NO5/c1-6-8-10-12-14-19-89-24-30(50,51)36(62,63)34(58,59)29(3,49)35(60,61)40(70,71)44(78,79)41(72,73)38(66,67)32(54,55)26-91-21-16-28(93-23-18-88(4)5)17-22-92-27-33(56,57)39(68,69)43(76,77)46(82,83)48(86,87)47(84,85)45(80,81)42(74,75)37(64,65)31(52,53)25-90-20-15-13-11-9-7-2/h28H,6-27H2,1-5H3. The number of rotatable bonds is 48. The van der Waals surface area contributed by atoms with Crippen molar-refractivity contribution in [2.24, 2.45) is 0 Å². The first-order valence-corrected chi connectivity index (χ1v) is 26.6. The van der Waals surface area contributed by atoms with E-state index in [0.717, 1.165) is 4.90 Å². The number of hydrogen-bond acceptors (Lipinski definition) is 6. The highest BCUT2D eigenvalue weighted by atomic mass is 19.4. The molecule has 0 aliphatic carbocycles. The number of ether oxygens (including phenoxy) is 5. The Labute approximate surface area is 502 Å². The van der Waals surface area contributed by atoms with Gasteiger partial charge in [0.1, 0.15) is 26.4 Å². The Kier molecular flexibility index (Phi) is 29.7. The molecule has 0 aromatic carbocycles. The normalized spacial score (nSPS) is 16.6. The van der Waals surface area contributed by atoms with Crippen LogP contribution in [0.3, 0.4) is 0 Å². The Morgan fingerprint density at radius 1 is 0.258 bits per heavy atom. The molecule has 6 nitrogen and oxygen atoms in total. The Morgan fingerprint density at radius 3 is 0.710 bits per heavy atom. The van der Waals surface area contributed by atoms with Gasteiger partial charge in [-0.05, 0) is 46.7 Å². The maximum atomic E-state index is 15.1. The first kappa shape index (κ1) is 90.0. The smallest absolute Gasteiger partial charge is 0.377 e. The number of hydrogen-bond donors (Lipinski definition) is 0. The molecule has 0 rings (SSSR count). The van der Waals surface area contributed by atoms with Crippen LogP contribution in [0.4, 0.5) is 171 Å². The first-order valence-electron chi connectivity index (χ1n) is 26.6. The van der Waals surface area contributed by atoms with Crippen LogP contribution in [0.5, 0.6) is 0 Å². The predicted molar refractivity (Wildman–Crippen MR) is 242 cm³/mol. The Morgan fingerprint density at radius 2 is 0.462 bits per heavy atom. The van der Waals surface area contributed by atoms with Crippen molar-refractivity contribution in [1.29, 1.82) is 0 Å². The molecular weight excluding hydrogens is 1410 g/mol. The second-order valence-electron chi connectivity index (χ2n) is 21.3. The maximum Gasteiger partial charge on any atom is 0.385 e. The summed E-state index contributed by atoms with van der Waals surface area (Å²) in [5.74, 6) is -160. The van der Waals surface area contributed by atoms with Crippen LogP contribution in [-0.2, 0) is 23.7 Å². The lowest BCUT2D eigenvalue weighted by Crippen LogP contribution is -2.77. The summed E-state index contributed by atoms with van der Waals surface area (Å²) >= 11 is 0. The SMILES string of the molecule is CCCCCCCOCC(F)(F)C(F)(F)C(F)(F)C(C)(F)C(F)(F)C(F)(F)C(F)(F)C(F)(F)C(F)(F)C(F)(F)COCCC(CCOCC(F)(F)C(F)(F)C(F)(F)C(F)(F)C(F)(F)C(F)(F)C(F)(F)C(F)(F)C(F)(F)C(F)(F)COCCCCCCC)OCCN(C)C. The second-order valence-corrected chi connectivity index (χ2v) is 21.3. The average Bonchev–Trinajstić information content (AvgIpc) is 0.699. The molecule has 0 spiro atoms. The van der Waals surface area contributed by atoms with Gasteiger partial charge in [-0.1, -0.05) is 65.2 Å². The monoisotopic (exact) mass is 1470 g/mol. The molecule has 0 aromatic rings. The molecule has 560 valence electrons. The van der Waals surface area contributed by atoms with Gasteiger partial charge in [0.25, 0.3) is 0 Å². The highest BCUT2D eigenvalue weighted by molar-refractivity contribution is 5.21. The van der Waals surface area contributed by atoms with E-state index >= 15 is 4.39 Å². The third kappa shape index (κ3) is 16.7. The second kappa shape index (κ2) is 30.7. The molecule has 93 heavy (non-hydrogen) atoms. The molecule has 0 saturated heterocycles. The summed E-state index contributed by atoms with van der Waals surface area (Å²) in [5, 5.41) is 0. The molecule has 0 aliphatic heterocycles. The fourth-order valence-corrected chi connectivity index (χ4v) is 7.40. The zero-order chi connectivity index (χ0) is 74.2. The molecule has 0 fully saturated rings. The van der Waals surface area contributed by atoms with Gasteiger partial charge in [0.05, 0.1) is 12.7 Å². The molecule has 0 amide bonds. The van der Waals surface area contributed by atoms with Crippen molar-refractivity contribution in [3.8, 4) is 0 Å². The van der Waals surface area contributed by atoms with Crippen molar-refractivity contribution in [3.63, 3.8) is 0 Å². The Balaban J connectivity index is 6.63. The summed E-state index contributed by atoms with van der Waals surface area (Å²) in [6.07, 6.45) is -3.02. The lowest BCUT2D eigenvalue weighted by atomic mass is 9.79. The Hall–Kier alpha value is -2.97. The number of alkyl halides is 39. The molecule has 2 atom stereocenters. The topological polar surface area (TPSA) is 49.4 Å². The molecule has 0 saturated carbocycles. The summed E-state index contributed by atoms with van der Waals surface area (Å²) < 4.78 is 587. The highest BCUT2D eigenvalue weighted by Gasteiger charge is 2.99. The van der Waals surface area contributed by atoms with Crippen molar-refractivity contribution in [2.45, 2.75) is 222 Å². The van der Waals surface area contributed by atoms with E-state index in [1.807, 2.05) is 0 Å². The summed E-state index contributed by atoms with van der Waals surface area (Å²) in [7, 11) is 2.36. The third-order valence-corrected chi connectivity index (χ3v) is 13.7. The van der Waals surface area contributed by atoms with E-state index in [2.05, 4.69) is 18.9 Å². The fraction of sp³-hybridized carbons (Fsp3) is 1.00. The van der Waals surface area contributed by atoms with Gasteiger partial charge in [0, 0.05) is 33.0 Å². The number of likely N-dealkylation sites (N-methyl/N-ethyl adjacent to an activating group) is 1. The summed E-state index contributed by atoms with van der Waals surface area (Å²) in [6.45, 7) is -19.3. The van der Waals surface area contributed by atoms with E-state index in [-0.39, 0.29) is 38.6 Å². The molecule has 0 aromatic heterocycles. The van der Waals surface area contributed by atoms with Gasteiger partial charge in [0.2, 0.25) is 5.67 Å². The van der Waals surface area contributed by atoms with Crippen molar-refractivity contribution in [2.75, 3.05) is 80.1 Å². The fourth-order valence-electron chi connectivity index (χ4n) is 7.40. The molecule has 0 N–H and O–H groups in total. The minimum Gasteiger partial charge on any atom is -0.377 e. The van der Waals surface area contributed by atoms with Crippen molar-refractivity contribution < 1.29 is 195 Å². The number of halogens is 39. The van der Waals surface area contributed by atoms with Crippen molar-refractivity contribution in [1.82, 2.24) is 4.90 Å². The van der Waals surface area contributed by atoms with Gasteiger partial charge >= 0.3 is 113 Å². The van der Waals surface area contributed by atoms with Gasteiger partial charge in [-0.3, -0.25) is 0 Å². The predicted octanol–water partition coefficient (Wildman–Crippen LogP) is 18.5. The number of unbranched alkanes of at least 4 members (excludes halogenated alkanes) is 8. The van der Waals surface area contributed by atoms with E-state index in [4.69, 9.17) is 4.74 Å². The molecule has 0 aliphatic rings. The van der Waals surface area contributed by atoms with Crippen LogP contribution in [0.1, 0.15) is 97.8 Å². The minimum absolute atomic E-state index is 0.0219. The van der Waals surface area contributed by atoms with E-state index in [9.17, 15) is 167 Å². The molecule has 0 heterocycles. The maximum absolute atomic E-state index is 15.1. The summed E-state index contributed by atoms with van der Waals surface area (Å²) in [6, 6.07) is 0. The molecule has 0 bridgehead atoms. The molecule has 2 unspecified atom stereocenters. The molecule has 45 heteroatoms. The van der Waals surface area contributed by atoms with Gasteiger partial charge in [-0.15, -0.1) is 0 Å². The van der Waals surface area contributed by atoms with Crippen LogP contribution in [-0.4, -0.2) is 209 Å². The number of nitrogens with zero attached hydrogens (tertiary/aromatic N) is 1. The first-order chi connectivity index (χ1) is 41.1. The molecule has 0 radical (unpaired) electrons. The zero-order valence-corrected chi connectivity index (χ0v) is 48.4. The largest absolute Gasteiger partial charge is 0.385 e. The van der Waals surface area contributed by atoms with Crippen LogP contribution < -0.4 is 0 Å². The lowest BCUT2D eigenvalue weighted by Gasteiger charge is -2.47. The molecular formula is C48H60F39NO5. The van der Waals surface area contributed by atoms with Gasteiger partial charge in [0.15, 0.2) is 0 Å². The quantitative estimate of drug-likeness (QED) is 0.0447.